The minimum Gasteiger partial charge on any atom is -0.355 e. The van der Waals surface area contributed by atoms with E-state index in [-0.39, 0.29) is 11.5 Å². The Morgan fingerprint density at radius 3 is 2.64 bits per heavy atom. The molecule has 110 valence electrons. The fraction of sp³-hybridized carbons (Fsp3) is 0.0667. The summed E-state index contributed by atoms with van der Waals surface area (Å²) in [6, 6.07) is 10.9. The van der Waals surface area contributed by atoms with Crippen LogP contribution in [0, 0.1) is 0 Å². The standard InChI is InChI=1S/C15H11N3O3S/c1-9(19)12-8-22-15(16-12)17-14(20)11-7-13(21-18-11)10-5-3-2-4-6-10/h2-8H,1H3,(H,16,17,20). The molecule has 7 heteroatoms. The molecule has 1 N–H and O–H groups in total. The first kappa shape index (κ1) is 14.2. The molecular weight excluding hydrogens is 302 g/mol. The van der Waals surface area contributed by atoms with Gasteiger partial charge in [-0.2, -0.15) is 0 Å². The van der Waals surface area contributed by atoms with E-state index in [4.69, 9.17) is 4.52 Å². The molecule has 0 fully saturated rings. The van der Waals surface area contributed by atoms with E-state index in [2.05, 4.69) is 15.5 Å². The molecule has 22 heavy (non-hydrogen) atoms. The molecule has 2 heterocycles. The zero-order valence-electron chi connectivity index (χ0n) is 11.6. The van der Waals surface area contributed by atoms with E-state index in [9.17, 15) is 9.59 Å². The molecule has 0 spiro atoms. The van der Waals surface area contributed by atoms with Gasteiger partial charge >= 0.3 is 0 Å². The molecule has 6 nitrogen and oxygen atoms in total. The highest BCUT2D eigenvalue weighted by atomic mass is 32.1. The number of hydrogen-bond acceptors (Lipinski definition) is 6. The number of amides is 1. The molecule has 1 aromatic carbocycles. The number of carbonyl (C=O) groups is 2. The topological polar surface area (TPSA) is 85.1 Å². The maximum Gasteiger partial charge on any atom is 0.279 e. The molecule has 0 aliphatic rings. The SMILES string of the molecule is CC(=O)c1csc(NC(=O)c2cc(-c3ccccc3)on2)n1. The number of benzene rings is 1. The van der Waals surface area contributed by atoms with Crippen molar-refractivity contribution in [3.63, 3.8) is 0 Å². The third kappa shape index (κ3) is 2.94. The molecule has 0 bridgehead atoms. The summed E-state index contributed by atoms with van der Waals surface area (Å²) in [5.41, 5.74) is 1.31. The largest absolute Gasteiger partial charge is 0.355 e. The summed E-state index contributed by atoms with van der Waals surface area (Å²) < 4.78 is 5.17. The number of carbonyl (C=O) groups excluding carboxylic acids is 2. The Morgan fingerprint density at radius 2 is 1.95 bits per heavy atom. The summed E-state index contributed by atoms with van der Waals surface area (Å²) in [7, 11) is 0. The molecule has 2 aromatic heterocycles. The van der Waals surface area contributed by atoms with Crippen molar-refractivity contribution in [1.82, 2.24) is 10.1 Å². The van der Waals surface area contributed by atoms with Crippen LogP contribution in [0.5, 0.6) is 0 Å². The highest BCUT2D eigenvalue weighted by molar-refractivity contribution is 7.14. The first-order chi connectivity index (χ1) is 10.6. The Kier molecular flexibility index (Phi) is 3.80. The van der Waals surface area contributed by atoms with Crippen molar-refractivity contribution in [2.24, 2.45) is 0 Å². The van der Waals surface area contributed by atoms with Gasteiger partial charge in [0.2, 0.25) is 0 Å². The van der Waals surface area contributed by atoms with Gasteiger partial charge in [-0.3, -0.25) is 14.9 Å². The van der Waals surface area contributed by atoms with E-state index in [0.717, 1.165) is 5.56 Å². The third-order valence-electron chi connectivity index (χ3n) is 2.89. The molecule has 0 aliphatic carbocycles. The fourth-order valence-electron chi connectivity index (χ4n) is 1.77. The van der Waals surface area contributed by atoms with Gasteiger partial charge in [0.25, 0.3) is 5.91 Å². The number of aromatic nitrogens is 2. The van der Waals surface area contributed by atoms with Gasteiger partial charge in [0.15, 0.2) is 22.4 Å². The van der Waals surface area contributed by atoms with Crippen molar-refractivity contribution < 1.29 is 14.1 Å². The predicted molar refractivity (Wildman–Crippen MR) is 82.0 cm³/mol. The summed E-state index contributed by atoms with van der Waals surface area (Å²) in [5.74, 6) is -0.0748. The highest BCUT2D eigenvalue weighted by Crippen LogP contribution is 2.21. The van der Waals surface area contributed by atoms with Gasteiger partial charge in [-0.1, -0.05) is 35.5 Å². The molecular formula is C15H11N3O3S. The van der Waals surface area contributed by atoms with Crippen LogP contribution in [0.2, 0.25) is 0 Å². The molecule has 1 amide bonds. The average molecular weight is 313 g/mol. The summed E-state index contributed by atoms with van der Waals surface area (Å²) in [4.78, 5) is 27.3. The number of anilines is 1. The van der Waals surface area contributed by atoms with Crippen molar-refractivity contribution in [2.45, 2.75) is 6.92 Å². The van der Waals surface area contributed by atoms with Gasteiger partial charge in [-0.25, -0.2) is 4.98 Å². The van der Waals surface area contributed by atoms with Gasteiger partial charge < -0.3 is 4.52 Å². The Labute approximate surface area is 129 Å². The van der Waals surface area contributed by atoms with Gasteiger partial charge in [-0.15, -0.1) is 11.3 Å². The van der Waals surface area contributed by atoms with Crippen molar-refractivity contribution in [3.8, 4) is 11.3 Å². The number of thiazole rings is 1. The average Bonchev–Trinajstić information content (AvgIpc) is 3.17. The van der Waals surface area contributed by atoms with Crippen LogP contribution >= 0.6 is 11.3 Å². The van der Waals surface area contributed by atoms with E-state index in [1.807, 2.05) is 30.3 Å². The molecule has 3 rings (SSSR count). The van der Waals surface area contributed by atoms with E-state index in [1.165, 1.54) is 18.3 Å². The van der Waals surface area contributed by atoms with Crippen molar-refractivity contribution in [2.75, 3.05) is 5.32 Å². The zero-order valence-corrected chi connectivity index (χ0v) is 12.4. The summed E-state index contributed by atoms with van der Waals surface area (Å²) in [5, 5.41) is 8.29. The molecule has 0 saturated heterocycles. The van der Waals surface area contributed by atoms with Crippen LogP contribution in [0.4, 0.5) is 5.13 Å². The summed E-state index contributed by atoms with van der Waals surface area (Å²) >= 11 is 1.18. The van der Waals surface area contributed by atoms with Crippen LogP contribution in [0.3, 0.4) is 0 Å². The normalized spacial score (nSPS) is 10.4. The van der Waals surface area contributed by atoms with E-state index < -0.39 is 5.91 Å². The summed E-state index contributed by atoms with van der Waals surface area (Å²) in [6.45, 7) is 1.42. The Bertz CT molecular complexity index is 823. The molecule has 0 saturated carbocycles. The minimum absolute atomic E-state index is 0.149. The maximum atomic E-state index is 12.1. The number of nitrogens with one attached hydrogen (secondary N) is 1. The second kappa shape index (κ2) is 5.90. The highest BCUT2D eigenvalue weighted by Gasteiger charge is 2.15. The smallest absolute Gasteiger partial charge is 0.279 e. The molecule has 0 radical (unpaired) electrons. The molecule has 0 atom stereocenters. The van der Waals surface area contributed by atoms with Crippen LogP contribution in [0.15, 0.2) is 46.3 Å². The van der Waals surface area contributed by atoms with Crippen LogP contribution < -0.4 is 5.32 Å². The number of nitrogens with zero attached hydrogens (tertiary/aromatic N) is 2. The van der Waals surface area contributed by atoms with Crippen LogP contribution in [0.25, 0.3) is 11.3 Å². The lowest BCUT2D eigenvalue weighted by atomic mass is 10.1. The van der Waals surface area contributed by atoms with Gasteiger partial charge in [0.1, 0.15) is 5.69 Å². The van der Waals surface area contributed by atoms with Gasteiger partial charge in [-0.05, 0) is 0 Å². The van der Waals surface area contributed by atoms with Crippen molar-refractivity contribution in [3.05, 3.63) is 53.2 Å². The zero-order chi connectivity index (χ0) is 15.5. The second-order valence-electron chi connectivity index (χ2n) is 4.49. The van der Waals surface area contributed by atoms with E-state index in [0.29, 0.717) is 16.6 Å². The monoisotopic (exact) mass is 313 g/mol. The number of rotatable bonds is 4. The maximum absolute atomic E-state index is 12.1. The molecule has 0 aliphatic heterocycles. The lowest BCUT2D eigenvalue weighted by Gasteiger charge is -1.96. The Hall–Kier alpha value is -2.80. The lowest BCUT2D eigenvalue weighted by Crippen LogP contribution is -2.12. The van der Waals surface area contributed by atoms with Crippen LogP contribution in [0.1, 0.15) is 27.9 Å². The number of Topliss-reactive ketones (excluding diaryl/α,β-unsaturated/α-hetero) is 1. The lowest BCUT2D eigenvalue weighted by molar-refractivity contribution is 0.1000. The van der Waals surface area contributed by atoms with Gasteiger partial charge in [0, 0.05) is 23.9 Å². The van der Waals surface area contributed by atoms with Crippen molar-refractivity contribution in [1.29, 1.82) is 0 Å². The van der Waals surface area contributed by atoms with Crippen molar-refractivity contribution >= 4 is 28.2 Å². The first-order valence-corrected chi connectivity index (χ1v) is 7.31. The minimum atomic E-state index is -0.435. The number of hydrogen-bond donors (Lipinski definition) is 1. The van der Waals surface area contributed by atoms with Crippen LogP contribution in [-0.4, -0.2) is 21.8 Å². The molecule has 3 aromatic rings. The quantitative estimate of drug-likeness (QED) is 0.747. The predicted octanol–water partition coefficient (Wildman–Crippen LogP) is 3.25. The molecule has 0 unspecified atom stereocenters. The van der Waals surface area contributed by atoms with Crippen LogP contribution in [-0.2, 0) is 0 Å². The van der Waals surface area contributed by atoms with E-state index in [1.54, 1.807) is 11.4 Å². The Morgan fingerprint density at radius 1 is 1.18 bits per heavy atom. The van der Waals surface area contributed by atoms with E-state index >= 15 is 0 Å². The first-order valence-electron chi connectivity index (χ1n) is 6.43. The fourth-order valence-corrected chi connectivity index (χ4v) is 2.52. The summed E-state index contributed by atoms with van der Waals surface area (Å²) in [6.07, 6.45) is 0. The second-order valence-corrected chi connectivity index (χ2v) is 5.35. The third-order valence-corrected chi connectivity index (χ3v) is 3.64. The Balaban J connectivity index is 1.75. The number of ketones is 1. The van der Waals surface area contributed by atoms with Gasteiger partial charge in [0.05, 0.1) is 0 Å².